The number of fused-ring (bicyclic) bond motifs is 1. The van der Waals surface area contributed by atoms with Crippen LogP contribution in [0, 0.1) is 6.92 Å². The van der Waals surface area contributed by atoms with Crippen molar-refractivity contribution in [2.45, 2.75) is 6.92 Å². The number of carbonyl (C=O) groups excluding carboxylic acids is 1. The first-order valence-corrected chi connectivity index (χ1v) is 5.75. The molecule has 0 aliphatic rings. The van der Waals surface area contributed by atoms with Gasteiger partial charge in [0.1, 0.15) is 17.9 Å². The molecular weight excluding hydrogens is 264 g/mol. The number of rotatable bonds is 3. The highest BCUT2D eigenvalue weighted by molar-refractivity contribution is 6.02. The Morgan fingerprint density at radius 3 is 2.70 bits per heavy atom. The van der Waals surface area contributed by atoms with E-state index in [2.05, 4.69) is 4.98 Å². The van der Waals surface area contributed by atoms with Crippen molar-refractivity contribution < 1.29 is 19.8 Å². The summed E-state index contributed by atoms with van der Waals surface area (Å²) in [5, 5.41) is 20.9. The molecule has 0 aliphatic heterocycles. The van der Waals surface area contributed by atoms with E-state index in [4.69, 9.17) is 5.11 Å². The van der Waals surface area contributed by atoms with Crippen molar-refractivity contribution in [3.8, 4) is 5.75 Å². The number of hydrogen-bond donors (Lipinski definition) is 4. The molecule has 0 radical (unpaired) electrons. The number of pyridine rings is 1. The van der Waals surface area contributed by atoms with Crippen LogP contribution in [0.1, 0.15) is 15.9 Å². The summed E-state index contributed by atoms with van der Waals surface area (Å²) in [6.45, 7) is 1.16. The Labute approximate surface area is 112 Å². The van der Waals surface area contributed by atoms with Gasteiger partial charge in [0.2, 0.25) is 0 Å². The molecule has 20 heavy (non-hydrogen) atoms. The van der Waals surface area contributed by atoms with Crippen LogP contribution in [0.3, 0.4) is 0 Å². The summed E-state index contributed by atoms with van der Waals surface area (Å²) in [7, 11) is 0. The highest BCUT2D eigenvalue weighted by atomic mass is 16.4. The fourth-order valence-corrected chi connectivity index (χ4v) is 1.84. The number of aliphatic carboxylic acids is 1. The van der Waals surface area contributed by atoms with Gasteiger partial charge in [-0.25, -0.2) is 0 Å². The molecule has 7 heteroatoms. The number of amides is 1. The molecule has 0 saturated heterocycles. The molecule has 1 heterocycles. The monoisotopic (exact) mass is 276 g/mol. The number of carboxylic acid groups (broad SMARTS) is 1. The van der Waals surface area contributed by atoms with Gasteiger partial charge in [0, 0.05) is 5.39 Å². The summed E-state index contributed by atoms with van der Waals surface area (Å²) < 4.78 is 0. The minimum absolute atomic E-state index is 0.324. The Hall–Kier alpha value is -2.83. The predicted molar refractivity (Wildman–Crippen MR) is 70.9 cm³/mol. The molecule has 104 valence electrons. The molecule has 1 amide bonds. The Balaban J connectivity index is 2.56. The van der Waals surface area contributed by atoms with Crippen LogP contribution in [0.15, 0.2) is 23.0 Å². The highest BCUT2D eigenvalue weighted by Crippen LogP contribution is 2.25. The first-order chi connectivity index (χ1) is 9.40. The lowest BCUT2D eigenvalue weighted by atomic mass is 10.1. The third-order valence-corrected chi connectivity index (χ3v) is 2.77. The van der Waals surface area contributed by atoms with Gasteiger partial charge in [0.05, 0.1) is 5.52 Å². The van der Waals surface area contributed by atoms with Crippen molar-refractivity contribution in [3.63, 3.8) is 0 Å². The van der Waals surface area contributed by atoms with Gasteiger partial charge in [0.25, 0.3) is 11.5 Å². The van der Waals surface area contributed by atoms with Crippen molar-refractivity contribution in [3.05, 3.63) is 39.7 Å². The van der Waals surface area contributed by atoms with Gasteiger partial charge in [-0.3, -0.25) is 14.4 Å². The number of aryl methyl sites for hydroxylation is 1. The van der Waals surface area contributed by atoms with Gasteiger partial charge < -0.3 is 20.5 Å². The maximum Gasteiger partial charge on any atom is 0.322 e. The standard InChI is InChI=1S/C13H12N2O5/c1-6-2-3-8-7(4-6)11(18)10(13(20)15-8)12(19)14-5-9(16)17/h2-4H,5H2,1H3,(H,14,19)(H,16,17)(H2,15,18,20). The molecule has 0 spiro atoms. The average molecular weight is 276 g/mol. The molecule has 0 aliphatic carbocycles. The minimum Gasteiger partial charge on any atom is -0.506 e. The molecule has 4 N–H and O–H groups in total. The van der Waals surface area contributed by atoms with Gasteiger partial charge in [-0.1, -0.05) is 11.6 Å². The van der Waals surface area contributed by atoms with E-state index in [9.17, 15) is 19.5 Å². The van der Waals surface area contributed by atoms with Gasteiger partial charge >= 0.3 is 5.97 Å². The Morgan fingerprint density at radius 2 is 2.05 bits per heavy atom. The van der Waals surface area contributed by atoms with Crippen LogP contribution in [0.25, 0.3) is 10.9 Å². The number of nitrogens with one attached hydrogen (secondary N) is 2. The smallest absolute Gasteiger partial charge is 0.322 e. The zero-order valence-corrected chi connectivity index (χ0v) is 10.6. The SMILES string of the molecule is Cc1ccc2[nH]c(=O)c(C(=O)NCC(=O)O)c(O)c2c1. The number of benzene rings is 1. The summed E-state index contributed by atoms with van der Waals surface area (Å²) in [6, 6.07) is 4.99. The van der Waals surface area contributed by atoms with E-state index < -0.39 is 35.3 Å². The largest absolute Gasteiger partial charge is 0.506 e. The van der Waals surface area contributed by atoms with E-state index in [0.717, 1.165) is 5.56 Å². The molecule has 0 fully saturated rings. The predicted octanol–water partition coefficient (Wildman–Crippen LogP) is 0.357. The number of aromatic nitrogens is 1. The van der Waals surface area contributed by atoms with E-state index in [1.54, 1.807) is 25.1 Å². The molecule has 2 rings (SSSR count). The van der Waals surface area contributed by atoms with Gasteiger partial charge in [0.15, 0.2) is 0 Å². The quantitative estimate of drug-likeness (QED) is 0.645. The first-order valence-electron chi connectivity index (χ1n) is 5.75. The molecule has 2 aromatic rings. The van der Waals surface area contributed by atoms with Crippen LogP contribution in [0.5, 0.6) is 5.75 Å². The zero-order chi connectivity index (χ0) is 14.9. The molecule has 0 atom stereocenters. The first kappa shape index (κ1) is 13.6. The lowest BCUT2D eigenvalue weighted by Gasteiger charge is -2.08. The summed E-state index contributed by atoms with van der Waals surface area (Å²) in [5.41, 5.74) is -0.0317. The fourth-order valence-electron chi connectivity index (χ4n) is 1.84. The van der Waals surface area contributed by atoms with Crippen molar-refractivity contribution in [2.24, 2.45) is 0 Å². The topological polar surface area (TPSA) is 119 Å². The number of aromatic hydroxyl groups is 1. The molecule has 1 aromatic heterocycles. The van der Waals surface area contributed by atoms with Crippen molar-refractivity contribution in [2.75, 3.05) is 6.54 Å². The molecule has 1 aromatic carbocycles. The second-order valence-corrected chi connectivity index (χ2v) is 4.30. The number of aromatic amines is 1. The van der Waals surface area contributed by atoms with Gasteiger partial charge in [-0.2, -0.15) is 0 Å². The molecule has 7 nitrogen and oxygen atoms in total. The highest BCUT2D eigenvalue weighted by Gasteiger charge is 2.19. The number of hydrogen-bond acceptors (Lipinski definition) is 4. The summed E-state index contributed by atoms with van der Waals surface area (Å²) >= 11 is 0. The molecule has 0 bridgehead atoms. The second-order valence-electron chi connectivity index (χ2n) is 4.30. The van der Waals surface area contributed by atoms with Crippen LogP contribution >= 0.6 is 0 Å². The van der Waals surface area contributed by atoms with Crippen LogP contribution in [0.4, 0.5) is 0 Å². The third kappa shape index (κ3) is 2.46. The second kappa shape index (κ2) is 5.04. The number of carboxylic acids is 1. The van der Waals surface area contributed by atoms with E-state index in [0.29, 0.717) is 10.9 Å². The van der Waals surface area contributed by atoms with Crippen LogP contribution in [0.2, 0.25) is 0 Å². The number of H-pyrrole nitrogens is 1. The molecule has 0 saturated carbocycles. The molecule has 0 unspecified atom stereocenters. The van der Waals surface area contributed by atoms with Gasteiger partial charge in [-0.05, 0) is 19.1 Å². The van der Waals surface area contributed by atoms with E-state index in [1.807, 2.05) is 5.32 Å². The fraction of sp³-hybridized carbons (Fsp3) is 0.154. The maximum atomic E-state index is 11.8. The Kier molecular flexibility index (Phi) is 3.43. The average Bonchev–Trinajstić information content (AvgIpc) is 2.37. The van der Waals surface area contributed by atoms with Crippen LogP contribution < -0.4 is 10.9 Å². The Morgan fingerprint density at radius 1 is 1.35 bits per heavy atom. The molecular formula is C13H12N2O5. The number of carbonyl (C=O) groups is 2. The van der Waals surface area contributed by atoms with Crippen LogP contribution in [-0.2, 0) is 4.79 Å². The van der Waals surface area contributed by atoms with Crippen molar-refractivity contribution in [1.82, 2.24) is 10.3 Å². The zero-order valence-electron chi connectivity index (χ0n) is 10.6. The summed E-state index contributed by atoms with van der Waals surface area (Å²) in [5.74, 6) is -2.64. The van der Waals surface area contributed by atoms with Gasteiger partial charge in [-0.15, -0.1) is 0 Å². The maximum absolute atomic E-state index is 11.8. The summed E-state index contributed by atoms with van der Waals surface area (Å²) in [4.78, 5) is 36.4. The normalized spacial score (nSPS) is 10.4. The van der Waals surface area contributed by atoms with E-state index in [-0.39, 0.29) is 0 Å². The lowest BCUT2D eigenvalue weighted by Crippen LogP contribution is -2.33. The lowest BCUT2D eigenvalue weighted by molar-refractivity contribution is -0.135. The Bertz CT molecular complexity index is 763. The van der Waals surface area contributed by atoms with Crippen LogP contribution in [-0.4, -0.2) is 33.6 Å². The van der Waals surface area contributed by atoms with Crippen molar-refractivity contribution in [1.29, 1.82) is 0 Å². The van der Waals surface area contributed by atoms with E-state index in [1.165, 1.54) is 0 Å². The van der Waals surface area contributed by atoms with E-state index >= 15 is 0 Å². The minimum atomic E-state index is -1.24. The van der Waals surface area contributed by atoms with Crippen molar-refractivity contribution >= 4 is 22.8 Å². The summed E-state index contributed by atoms with van der Waals surface area (Å²) in [6.07, 6.45) is 0. The third-order valence-electron chi connectivity index (χ3n) is 2.77.